The quantitative estimate of drug-likeness (QED) is 0.347. The van der Waals surface area contributed by atoms with Crippen LogP contribution >= 0.6 is 0 Å². The number of benzene rings is 3. The summed E-state index contributed by atoms with van der Waals surface area (Å²) in [4.78, 5) is 24.7. The van der Waals surface area contributed by atoms with Crippen molar-refractivity contribution in [3.8, 4) is 22.6 Å². The fourth-order valence-electron chi connectivity index (χ4n) is 3.82. The summed E-state index contributed by atoms with van der Waals surface area (Å²) >= 11 is -0.846. The Kier molecular flexibility index (Phi) is 6.24. The van der Waals surface area contributed by atoms with Crippen molar-refractivity contribution in [1.82, 2.24) is 0 Å². The van der Waals surface area contributed by atoms with Gasteiger partial charge >= 0.3 is 198 Å². The molecule has 0 bridgehead atoms. The van der Waals surface area contributed by atoms with Crippen molar-refractivity contribution in [3.05, 3.63) is 80.9 Å². The molecular weight excluding hydrogens is 519 g/mol. The van der Waals surface area contributed by atoms with Crippen molar-refractivity contribution < 1.29 is 45.4 Å². The van der Waals surface area contributed by atoms with E-state index in [4.69, 9.17) is 9.47 Å². The third kappa shape index (κ3) is 4.24. The van der Waals surface area contributed by atoms with Gasteiger partial charge in [0.15, 0.2) is 0 Å². The first-order chi connectivity index (χ1) is 15.4. The molecule has 3 aromatic carbocycles. The summed E-state index contributed by atoms with van der Waals surface area (Å²) in [6.45, 7) is 2.01. The van der Waals surface area contributed by atoms with Crippen LogP contribution in [-0.2, 0) is 10.2 Å². The molecule has 0 saturated heterocycles. The summed E-state index contributed by atoms with van der Waals surface area (Å²) in [7, 11) is 3.10. The summed E-state index contributed by atoms with van der Waals surface area (Å²) in [5.41, 5.74) is 3.77. The number of carboxylic acids is 1. The van der Waals surface area contributed by atoms with Crippen LogP contribution in [0.4, 0.5) is 0 Å². The Morgan fingerprint density at radius 2 is 1.66 bits per heavy atom. The van der Waals surface area contributed by atoms with E-state index < -0.39 is 27.2 Å². The fourth-order valence-corrected chi connectivity index (χ4v) is 6.58. The molecule has 3 aromatic rings. The van der Waals surface area contributed by atoms with Crippen molar-refractivity contribution in [1.29, 1.82) is 0 Å². The minimum atomic E-state index is -1.02. The van der Waals surface area contributed by atoms with Crippen LogP contribution in [0.2, 0.25) is 0 Å². The van der Waals surface area contributed by atoms with Gasteiger partial charge in [-0.3, -0.25) is 0 Å². The number of rotatable bonds is 8. The zero-order valence-corrected chi connectivity index (χ0v) is 20.3. The van der Waals surface area contributed by atoms with Crippen LogP contribution in [0.1, 0.15) is 34.3 Å². The van der Waals surface area contributed by atoms with E-state index in [1.807, 2.05) is 43.3 Å². The van der Waals surface area contributed by atoms with Gasteiger partial charge in [-0.15, -0.1) is 0 Å². The predicted octanol–water partition coefficient (Wildman–Crippen LogP) is 1.89. The molecular formula is C26H24IO5-. The van der Waals surface area contributed by atoms with Gasteiger partial charge in [-0.2, -0.15) is 0 Å². The molecule has 0 aromatic heterocycles. The molecule has 1 fully saturated rings. The number of carbonyl (C=O) groups excluding carboxylic acids is 1. The van der Waals surface area contributed by atoms with Crippen LogP contribution < -0.4 is 30.7 Å². The first-order valence-electron chi connectivity index (χ1n) is 10.2. The molecule has 166 valence electrons. The van der Waals surface area contributed by atoms with Crippen molar-refractivity contribution in [3.63, 3.8) is 0 Å². The number of ether oxygens (including phenoxy) is 2. The summed E-state index contributed by atoms with van der Waals surface area (Å²) in [5, 5.41) is 9.34. The van der Waals surface area contributed by atoms with Crippen LogP contribution in [0, 0.1) is 10.5 Å². The topological polar surface area (TPSA) is 72.8 Å². The standard InChI is InChI=1S/C26H24IO5/c1-16-4-8-19(15-22(16)17-5-11-21(24(28)29)23(14-17)32-3)27-25(30)26(12-13-26)18-6-9-20(31-2)10-7-18/h4-11,14-15H,12-13H2,1-3H3,(H,28,29)/q-1. The zero-order chi connectivity index (χ0) is 22.9. The van der Waals surface area contributed by atoms with Gasteiger partial charge in [-0.05, 0) is 0 Å². The summed E-state index contributed by atoms with van der Waals surface area (Å²) in [5.74, 6) is 0.0878. The number of carbonyl (C=O) groups is 2. The van der Waals surface area contributed by atoms with Crippen molar-refractivity contribution in [2.75, 3.05) is 14.2 Å². The molecule has 1 aliphatic rings. The van der Waals surface area contributed by atoms with Crippen LogP contribution in [0.15, 0.2) is 60.7 Å². The Balaban J connectivity index is 1.60. The molecule has 0 atom stereocenters. The molecule has 32 heavy (non-hydrogen) atoms. The Morgan fingerprint density at radius 3 is 2.25 bits per heavy atom. The van der Waals surface area contributed by atoms with Crippen LogP contribution in [0.5, 0.6) is 11.5 Å². The number of methoxy groups -OCH3 is 2. The molecule has 0 heterocycles. The second kappa shape index (κ2) is 8.94. The Labute approximate surface area is 197 Å². The predicted molar refractivity (Wildman–Crippen MR) is 118 cm³/mol. The number of carboxylic acid groups (broad SMARTS) is 1. The second-order valence-corrected chi connectivity index (χ2v) is 10.6. The van der Waals surface area contributed by atoms with Crippen molar-refractivity contribution in [2.24, 2.45) is 0 Å². The maximum absolute atomic E-state index is 13.3. The first kappa shape index (κ1) is 22.3. The van der Waals surface area contributed by atoms with Gasteiger partial charge in [-0.1, -0.05) is 0 Å². The number of aryl methyl sites for hydroxylation is 1. The van der Waals surface area contributed by atoms with E-state index in [0.29, 0.717) is 9.54 Å². The molecule has 0 spiro atoms. The van der Waals surface area contributed by atoms with Crippen LogP contribution in [0.25, 0.3) is 11.1 Å². The van der Waals surface area contributed by atoms with Gasteiger partial charge in [0.2, 0.25) is 0 Å². The van der Waals surface area contributed by atoms with E-state index in [9.17, 15) is 14.7 Å². The van der Waals surface area contributed by atoms with E-state index in [0.717, 1.165) is 44.4 Å². The average molecular weight is 543 g/mol. The van der Waals surface area contributed by atoms with E-state index in [2.05, 4.69) is 6.07 Å². The van der Waals surface area contributed by atoms with Gasteiger partial charge in [-0.25, -0.2) is 0 Å². The SMILES string of the molecule is COc1ccc(C2(C(=O)[I-]c3ccc(C)c(-c4ccc(C(=O)O)c(OC)c4)c3)CC2)cc1. The average Bonchev–Trinajstić information content (AvgIpc) is 3.62. The van der Waals surface area contributed by atoms with Gasteiger partial charge in [0.1, 0.15) is 0 Å². The number of hydrogen-bond donors (Lipinski definition) is 1. The van der Waals surface area contributed by atoms with Crippen LogP contribution in [-0.4, -0.2) is 29.1 Å². The number of aromatic carboxylic acids is 1. The fraction of sp³-hybridized carbons (Fsp3) is 0.231. The zero-order valence-electron chi connectivity index (χ0n) is 18.1. The van der Waals surface area contributed by atoms with Gasteiger partial charge in [0, 0.05) is 0 Å². The maximum atomic E-state index is 13.3. The molecule has 0 unspecified atom stereocenters. The first-order valence-corrected chi connectivity index (χ1v) is 12.4. The molecule has 1 N–H and O–H groups in total. The summed E-state index contributed by atoms with van der Waals surface area (Å²) in [6.07, 6.45) is 1.79. The Bertz CT molecular complexity index is 1180. The molecule has 4 rings (SSSR count). The third-order valence-corrected chi connectivity index (χ3v) is 8.72. The van der Waals surface area contributed by atoms with Gasteiger partial charge < -0.3 is 0 Å². The molecule has 1 saturated carbocycles. The normalized spacial score (nSPS) is 14.1. The molecule has 0 aliphatic heterocycles. The van der Waals surface area contributed by atoms with E-state index in [-0.39, 0.29) is 11.0 Å². The van der Waals surface area contributed by atoms with E-state index >= 15 is 0 Å². The van der Waals surface area contributed by atoms with E-state index in [1.165, 1.54) is 7.11 Å². The minimum absolute atomic E-state index is 0.128. The molecule has 0 radical (unpaired) electrons. The molecule has 0 amide bonds. The number of halogens is 1. The summed E-state index contributed by atoms with van der Waals surface area (Å²) < 4.78 is 11.9. The third-order valence-electron chi connectivity index (χ3n) is 5.91. The number of hydrogen-bond acceptors (Lipinski definition) is 4. The Hall–Kier alpha value is -2.87. The molecule has 6 heteroatoms. The summed E-state index contributed by atoms with van der Waals surface area (Å²) in [6, 6.07) is 19.1. The van der Waals surface area contributed by atoms with Crippen LogP contribution in [0.3, 0.4) is 0 Å². The monoisotopic (exact) mass is 543 g/mol. The molecule has 5 nitrogen and oxygen atoms in total. The molecule has 1 aliphatic carbocycles. The van der Waals surface area contributed by atoms with E-state index in [1.54, 1.807) is 25.3 Å². The van der Waals surface area contributed by atoms with Crippen molar-refractivity contribution in [2.45, 2.75) is 25.2 Å². The van der Waals surface area contributed by atoms with Gasteiger partial charge in [0.25, 0.3) is 0 Å². The second-order valence-electron chi connectivity index (χ2n) is 7.86. The van der Waals surface area contributed by atoms with Gasteiger partial charge in [0.05, 0.1) is 0 Å². The van der Waals surface area contributed by atoms with Crippen molar-refractivity contribution >= 4 is 9.76 Å². The Morgan fingerprint density at radius 1 is 0.938 bits per heavy atom.